The molecule has 0 saturated carbocycles. The molecule has 0 aliphatic carbocycles. The van der Waals surface area contributed by atoms with Crippen molar-refractivity contribution in [3.63, 3.8) is 0 Å². The molecule has 1 heterocycles. The lowest BCUT2D eigenvalue weighted by atomic mass is 9.98. The first-order valence-electron chi connectivity index (χ1n) is 11.0. The van der Waals surface area contributed by atoms with Crippen molar-refractivity contribution in [1.29, 1.82) is 0 Å². The van der Waals surface area contributed by atoms with E-state index >= 15 is 0 Å². The third-order valence-corrected chi connectivity index (χ3v) is 5.45. The number of benzene rings is 3. The molecule has 164 valence electrons. The summed E-state index contributed by atoms with van der Waals surface area (Å²) in [5.74, 6) is 1.54. The number of ether oxygens (including phenoxy) is 1. The molecule has 5 heteroatoms. The largest absolute Gasteiger partial charge is 0.491 e. The number of aromatic nitrogens is 1. The third kappa shape index (κ3) is 4.83. The van der Waals surface area contributed by atoms with Crippen molar-refractivity contribution in [2.24, 2.45) is 0 Å². The van der Waals surface area contributed by atoms with Crippen LogP contribution in [0.3, 0.4) is 0 Å². The van der Waals surface area contributed by atoms with Crippen molar-refractivity contribution in [3.05, 3.63) is 77.9 Å². The zero-order valence-electron chi connectivity index (χ0n) is 18.9. The molecule has 4 rings (SSSR count). The van der Waals surface area contributed by atoms with Gasteiger partial charge in [-0.15, -0.1) is 0 Å². The fraction of sp³-hybridized carbons (Fsp3) is 0.259. The van der Waals surface area contributed by atoms with Gasteiger partial charge in [0.05, 0.1) is 6.10 Å². The quantitative estimate of drug-likeness (QED) is 0.343. The lowest BCUT2D eigenvalue weighted by molar-refractivity contribution is 0.102. The predicted octanol–water partition coefficient (Wildman–Crippen LogP) is 7.05. The number of carbonyl (C=O) groups excluding carboxylic acids is 1. The van der Waals surface area contributed by atoms with Gasteiger partial charge in [0, 0.05) is 16.8 Å². The summed E-state index contributed by atoms with van der Waals surface area (Å²) in [6, 6.07) is 20.9. The van der Waals surface area contributed by atoms with Crippen LogP contribution in [0.2, 0.25) is 0 Å². The van der Waals surface area contributed by atoms with Gasteiger partial charge in [-0.3, -0.25) is 4.79 Å². The molecule has 32 heavy (non-hydrogen) atoms. The van der Waals surface area contributed by atoms with E-state index in [1.807, 2.05) is 56.3 Å². The van der Waals surface area contributed by atoms with E-state index in [1.165, 1.54) is 5.56 Å². The number of fused-ring (bicyclic) bond motifs is 1. The summed E-state index contributed by atoms with van der Waals surface area (Å²) in [5.41, 5.74) is 5.00. The molecular weight excluding hydrogens is 400 g/mol. The first kappa shape index (κ1) is 21.6. The average molecular weight is 429 g/mol. The van der Waals surface area contributed by atoms with E-state index in [-0.39, 0.29) is 12.0 Å². The van der Waals surface area contributed by atoms with Crippen LogP contribution in [0.15, 0.2) is 71.1 Å². The van der Waals surface area contributed by atoms with E-state index in [2.05, 4.69) is 36.3 Å². The van der Waals surface area contributed by atoms with Gasteiger partial charge >= 0.3 is 0 Å². The van der Waals surface area contributed by atoms with Gasteiger partial charge in [0.2, 0.25) is 5.89 Å². The Morgan fingerprint density at radius 3 is 2.53 bits per heavy atom. The zero-order chi connectivity index (χ0) is 22.7. The predicted molar refractivity (Wildman–Crippen MR) is 128 cm³/mol. The fourth-order valence-corrected chi connectivity index (χ4v) is 3.49. The number of oxazole rings is 1. The molecule has 0 fully saturated rings. The van der Waals surface area contributed by atoms with Gasteiger partial charge in [0.25, 0.3) is 5.91 Å². The summed E-state index contributed by atoms with van der Waals surface area (Å²) in [6.45, 7) is 8.30. The van der Waals surface area contributed by atoms with E-state index in [9.17, 15) is 4.79 Å². The normalized spacial score (nSPS) is 12.2. The van der Waals surface area contributed by atoms with Gasteiger partial charge in [-0.05, 0) is 86.3 Å². The molecule has 0 radical (unpaired) electrons. The van der Waals surface area contributed by atoms with Gasteiger partial charge in [0.1, 0.15) is 11.3 Å². The average Bonchev–Trinajstić information content (AvgIpc) is 3.22. The summed E-state index contributed by atoms with van der Waals surface area (Å²) >= 11 is 0. The second-order valence-corrected chi connectivity index (χ2v) is 8.28. The highest BCUT2D eigenvalue weighted by atomic mass is 16.5. The molecule has 0 spiro atoms. The summed E-state index contributed by atoms with van der Waals surface area (Å²) in [7, 11) is 0. The number of carbonyl (C=O) groups is 1. The van der Waals surface area contributed by atoms with E-state index in [1.54, 1.807) is 12.1 Å². The number of nitrogens with zero attached hydrogens (tertiary/aromatic N) is 1. The molecular formula is C27H28N2O3. The Morgan fingerprint density at radius 1 is 1.03 bits per heavy atom. The monoisotopic (exact) mass is 428 g/mol. The molecule has 0 bridgehead atoms. The maximum atomic E-state index is 12.6. The highest BCUT2D eigenvalue weighted by Gasteiger charge is 2.12. The van der Waals surface area contributed by atoms with Gasteiger partial charge in [-0.1, -0.05) is 26.0 Å². The van der Waals surface area contributed by atoms with Crippen molar-refractivity contribution >= 4 is 22.7 Å². The van der Waals surface area contributed by atoms with Crippen molar-refractivity contribution in [1.82, 2.24) is 4.98 Å². The lowest BCUT2D eigenvalue weighted by Crippen LogP contribution is -2.12. The zero-order valence-corrected chi connectivity index (χ0v) is 18.9. The molecule has 3 aromatic carbocycles. The number of amides is 1. The van der Waals surface area contributed by atoms with E-state index in [0.717, 1.165) is 23.1 Å². The number of nitrogens with one attached hydrogen (secondary N) is 1. The van der Waals surface area contributed by atoms with Crippen LogP contribution in [0.1, 0.15) is 56.0 Å². The Morgan fingerprint density at radius 2 is 1.81 bits per heavy atom. The van der Waals surface area contributed by atoms with Crippen LogP contribution >= 0.6 is 0 Å². The second-order valence-electron chi connectivity index (χ2n) is 8.28. The van der Waals surface area contributed by atoms with Crippen molar-refractivity contribution in [2.75, 3.05) is 5.32 Å². The van der Waals surface area contributed by atoms with E-state index < -0.39 is 0 Å². The van der Waals surface area contributed by atoms with Crippen LogP contribution < -0.4 is 10.1 Å². The van der Waals surface area contributed by atoms with Crippen molar-refractivity contribution < 1.29 is 13.9 Å². The number of hydrogen-bond donors (Lipinski definition) is 1. The Kier molecular flexibility index (Phi) is 6.26. The topological polar surface area (TPSA) is 64.4 Å². The third-order valence-electron chi connectivity index (χ3n) is 5.45. The summed E-state index contributed by atoms with van der Waals surface area (Å²) in [4.78, 5) is 17.3. The first-order valence-corrected chi connectivity index (χ1v) is 11.0. The van der Waals surface area contributed by atoms with Gasteiger partial charge in [-0.2, -0.15) is 0 Å². The Balaban J connectivity index is 1.49. The van der Waals surface area contributed by atoms with Crippen LogP contribution in [-0.4, -0.2) is 17.0 Å². The molecule has 5 nitrogen and oxygen atoms in total. The van der Waals surface area contributed by atoms with Gasteiger partial charge in [0.15, 0.2) is 5.58 Å². The highest BCUT2D eigenvalue weighted by molar-refractivity contribution is 6.04. The Labute approximate surface area is 188 Å². The number of rotatable bonds is 7. The SMILES string of the molecule is CC[C@H](C)c1ccc2oc(-c3ccc(NC(=O)c4cccc(OC(C)C)c4)cc3)nc2c1. The number of anilines is 1. The first-order chi connectivity index (χ1) is 15.4. The maximum Gasteiger partial charge on any atom is 0.255 e. The fourth-order valence-electron chi connectivity index (χ4n) is 3.49. The number of hydrogen-bond acceptors (Lipinski definition) is 4. The second kappa shape index (κ2) is 9.27. The van der Waals surface area contributed by atoms with Crippen LogP contribution in [0.25, 0.3) is 22.6 Å². The summed E-state index contributed by atoms with van der Waals surface area (Å²) < 4.78 is 11.6. The molecule has 0 aliphatic rings. The van der Waals surface area contributed by atoms with Crippen LogP contribution in [-0.2, 0) is 0 Å². The summed E-state index contributed by atoms with van der Waals surface area (Å²) in [6.07, 6.45) is 1.13. The van der Waals surface area contributed by atoms with Crippen LogP contribution in [0, 0.1) is 0 Å². The molecule has 1 amide bonds. The molecule has 4 aromatic rings. The molecule has 1 N–H and O–H groups in total. The Bertz CT molecular complexity index is 1230. The lowest BCUT2D eigenvalue weighted by Gasteiger charge is -2.11. The highest BCUT2D eigenvalue weighted by Crippen LogP contribution is 2.28. The minimum atomic E-state index is -0.189. The molecule has 0 saturated heterocycles. The van der Waals surface area contributed by atoms with E-state index in [4.69, 9.17) is 9.15 Å². The smallest absolute Gasteiger partial charge is 0.255 e. The van der Waals surface area contributed by atoms with E-state index in [0.29, 0.717) is 28.8 Å². The Hall–Kier alpha value is -3.60. The molecule has 0 aliphatic heterocycles. The van der Waals surface area contributed by atoms with Crippen LogP contribution in [0.5, 0.6) is 5.75 Å². The van der Waals surface area contributed by atoms with Crippen LogP contribution in [0.4, 0.5) is 5.69 Å². The maximum absolute atomic E-state index is 12.6. The minimum Gasteiger partial charge on any atom is -0.491 e. The minimum absolute atomic E-state index is 0.0503. The molecule has 0 unspecified atom stereocenters. The van der Waals surface area contributed by atoms with Gasteiger partial charge < -0.3 is 14.5 Å². The summed E-state index contributed by atoms with van der Waals surface area (Å²) in [5, 5.41) is 2.92. The van der Waals surface area contributed by atoms with Crippen molar-refractivity contribution in [2.45, 2.75) is 46.1 Å². The van der Waals surface area contributed by atoms with Crippen molar-refractivity contribution in [3.8, 4) is 17.2 Å². The molecule has 1 atom stereocenters. The van der Waals surface area contributed by atoms with Gasteiger partial charge in [-0.25, -0.2) is 4.98 Å². The molecule has 1 aromatic heterocycles. The standard InChI is InChI=1S/C27H28N2O3/c1-5-18(4)20-11-14-25-24(16-20)29-27(32-25)19-9-12-22(13-10-19)28-26(30)21-7-6-8-23(15-21)31-17(2)3/h6-18H,5H2,1-4H3,(H,28,30)/t18-/m0/s1.